The Hall–Kier alpha value is -1.39. The van der Waals surface area contributed by atoms with Crippen LogP contribution in [0.1, 0.15) is 22.8 Å². The molecule has 2 N–H and O–H groups in total. The van der Waals surface area contributed by atoms with Crippen LogP contribution >= 0.6 is 0 Å². The van der Waals surface area contributed by atoms with Gasteiger partial charge in [-0.05, 0) is 18.1 Å². The highest BCUT2D eigenvalue weighted by molar-refractivity contribution is 5.96. The summed E-state index contributed by atoms with van der Waals surface area (Å²) >= 11 is 0. The van der Waals surface area contributed by atoms with Gasteiger partial charge in [0.15, 0.2) is 0 Å². The largest absolute Gasteiger partial charge is 0.388 e. The quantitative estimate of drug-likeness (QED) is 0.781. The zero-order valence-corrected chi connectivity index (χ0v) is 9.84. The molecule has 1 aromatic rings. The smallest absolute Gasteiger partial charge is 0.254 e. The normalized spacial score (nSPS) is 24.1. The monoisotopic (exact) mass is 235 g/mol. The van der Waals surface area contributed by atoms with Crippen molar-refractivity contribution in [2.75, 3.05) is 13.1 Å². The second kappa shape index (κ2) is 4.85. The van der Waals surface area contributed by atoms with E-state index in [0.717, 1.165) is 12.0 Å². The maximum Gasteiger partial charge on any atom is 0.254 e. The molecule has 2 atom stereocenters. The molecule has 0 aliphatic carbocycles. The van der Waals surface area contributed by atoms with Crippen LogP contribution in [0.4, 0.5) is 0 Å². The van der Waals surface area contributed by atoms with Crippen LogP contribution in [0.3, 0.4) is 0 Å². The molecule has 4 nitrogen and oxygen atoms in total. The molecule has 2 rings (SSSR count). The first-order chi connectivity index (χ1) is 8.13. The van der Waals surface area contributed by atoms with Crippen LogP contribution in [0.15, 0.2) is 24.3 Å². The van der Waals surface area contributed by atoms with E-state index in [2.05, 4.69) is 0 Å². The lowest BCUT2D eigenvalue weighted by Gasteiger charge is -2.17. The minimum absolute atomic E-state index is 0.113. The van der Waals surface area contributed by atoms with Gasteiger partial charge < -0.3 is 15.1 Å². The van der Waals surface area contributed by atoms with Crippen molar-refractivity contribution in [2.24, 2.45) is 0 Å². The van der Waals surface area contributed by atoms with Gasteiger partial charge in [0.05, 0.1) is 12.2 Å². The number of likely N-dealkylation sites (tertiary alicyclic amines) is 1. The van der Waals surface area contributed by atoms with Gasteiger partial charge in [-0.3, -0.25) is 4.79 Å². The third-order valence-corrected chi connectivity index (χ3v) is 3.17. The molecule has 17 heavy (non-hydrogen) atoms. The molecule has 0 spiro atoms. The summed E-state index contributed by atoms with van der Waals surface area (Å²) in [7, 11) is 0. The van der Waals surface area contributed by atoms with E-state index in [1.54, 1.807) is 6.07 Å². The molecule has 1 heterocycles. The van der Waals surface area contributed by atoms with Gasteiger partial charge >= 0.3 is 0 Å². The SMILES string of the molecule is CCc1ccccc1C(=O)N1C[C@@H](O)[C@@H](O)C1. The van der Waals surface area contributed by atoms with Gasteiger partial charge in [-0.25, -0.2) is 0 Å². The fourth-order valence-electron chi connectivity index (χ4n) is 2.14. The molecule has 92 valence electrons. The van der Waals surface area contributed by atoms with Crippen LogP contribution in [0.25, 0.3) is 0 Å². The number of carbonyl (C=O) groups is 1. The number of β-amino-alcohol motifs (C(OH)–C–C–N with tert-alkyl or cyclic N) is 2. The number of hydrogen-bond acceptors (Lipinski definition) is 3. The van der Waals surface area contributed by atoms with Crippen molar-refractivity contribution in [3.63, 3.8) is 0 Å². The van der Waals surface area contributed by atoms with Gasteiger partial charge in [0, 0.05) is 18.7 Å². The highest BCUT2D eigenvalue weighted by atomic mass is 16.3. The van der Waals surface area contributed by atoms with Gasteiger partial charge in [-0.15, -0.1) is 0 Å². The van der Waals surface area contributed by atoms with E-state index in [0.29, 0.717) is 5.56 Å². The maximum atomic E-state index is 12.2. The molecule has 1 saturated heterocycles. The molecule has 1 aliphatic heterocycles. The number of aliphatic hydroxyl groups is 2. The third kappa shape index (κ3) is 2.33. The molecule has 1 amide bonds. The number of nitrogens with zero attached hydrogens (tertiary/aromatic N) is 1. The Balaban J connectivity index is 2.20. The van der Waals surface area contributed by atoms with E-state index in [1.165, 1.54) is 4.90 Å². The molecule has 4 heteroatoms. The number of carbonyl (C=O) groups excluding carboxylic acids is 1. The minimum Gasteiger partial charge on any atom is -0.388 e. The van der Waals surface area contributed by atoms with Gasteiger partial charge in [0.1, 0.15) is 0 Å². The van der Waals surface area contributed by atoms with Crippen molar-refractivity contribution in [2.45, 2.75) is 25.6 Å². The molecular formula is C13H17NO3. The average molecular weight is 235 g/mol. The predicted octanol–water partition coefficient (Wildman–Crippen LogP) is 0.427. The second-order valence-electron chi connectivity index (χ2n) is 4.36. The lowest BCUT2D eigenvalue weighted by molar-refractivity contribution is 0.0572. The van der Waals surface area contributed by atoms with E-state index in [4.69, 9.17) is 0 Å². The standard InChI is InChI=1S/C13H17NO3/c1-2-9-5-3-4-6-10(9)13(17)14-7-11(15)12(16)8-14/h3-6,11-12,15-16H,2,7-8H2,1H3/t11-,12+. The first kappa shape index (κ1) is 12.1. The van der Waals surface area contributed by atoms with E-state index in [9.17, 15) is 15.0 Å². The Morgan fingerprint density at radius 2 is 1.88 bits per heavy atom. The molecule has 0 bridgehead atoms. The number of amides is 1. The molecule has 0 unspecified atom stereocenters. The molecule has 1 fully saturated rings. The number of aliphatic hydroxyl groups excluding tert-OH is 2. The Kier molecular flexibility index (Phi) is 3.45. The summed E-state index contributed by atoms with van der Waals surface area (Å²) in [5.41, 5.74) is 1.66. The molecule has 1 aromatic carbocycles. The minimum atomic E-state index is -0.826. The van der Waals surface area contributed by atoms with E-state index in [1.807, 2.05) is 25.1 Å². The summed E-state index contributed by atoms with van der Waals surface area (Å²) in [6.45, 7) is 2.41. The van der Waals surface area contributed by atoms with Crippen molar-refractivity contribution in [1.82, 2.24) is 4.90 Å². The van der Waals surface area contributed by atoms with Crippen molar-refractivity contribution in [3.05, 3.63) is 35.4 Å². The van der Waals surface area contributed by atoms with Crippen molar-refractivity contribution >= 4 is 5.91 Å². The van der Waals surface area contributed by atoms with E-state index >= 15 is 0 Å². The first-order valence-corrected chi connectivity index (χ1v) is 5.86. The summed E-state index contributed by atoms with van der Waals surface area (Å²) in [5, 5.41) is 18.9. The van der Waals surface area contributed by atoms with Crippen LogP contribution < -0.4 is 0 Å². The zero-order chi connectivity index (χ0) is 12.4. The maximum absolute atomic E-state index is 12.2. The fraction of sp³-hybridized carbons (Fsp3) is 0.462. The van der Waals surface area contributed by atoms with Crippen LogP contribution in [0, 0.1) is 0 Å². The number of aryl methyl sites for hydroxylation is 1. The highest BCUT2D eigenvalue weighted by Gasteiger charge is 2.33. The number of benzene rings is 1. The first-order valence-electron chi connectivity index (χ1n) is 5.86. The average Bonchev–Trinajstić information content (AvgIpc) is 2.68. The Morgan fingerprint density at radius 1 is 1.29 bits per heavy atom. The van der Waals surface area contributed by atoms with Crippen LogP contribution in [-0.4, -0.2) is 46.3 Å². The highest BCUT2D eigenvalue weighted by Crippen LogP contribution is 2.17. The van der Waals surface area contributed by atoms with E-state index < -0.39 is 12.2 Å². The molecule has 1 aliphatic rings. The Labute approximate surface area is 100 Å². The third-order valence-electron chi connectivity index (χ3n) is 3.17. The number of hydrogen-bond donors (Lipinski definition) is 2. The van der Waals surface area contributed by atoms with E-state index in [-0.39, 0.29) is 19.0 Å². The summed E-state index contributed by atoms with van der Waals surface area (Å²) in [6, 6.07) is 7.45. The van der Waals surface area contributed by atoms with Crippen LogP contribution in [0.2, 0.25) is 0 Å². The lowest BCUT2D eigenvalue weighted by Crippen LogP contribution is -2.30. The topological polar surface area (TPSA) is 60.8 Å². The Morgan fingerprint density at radius 3 is 2.47 bits per heavy atom. The second-order valence-corrected chi connectivity index (χ2v) is 4.36. The van der Waals surface area contributed by atoms with Gasteiger partial charge in [-0.1, -0.05) is 25.1 Å². The van der Waals surface area contributed by atoms with Gasteiger partial charge in [0.25, 0.3) is 5.91 Å². The van der Waals surface area contributed by atoms with Crippen molar-refractivity contribution in [1.29, 1.82) is 0 Å². The predicted molar refractivity (Wildman–Crippen MR) is 63.7 cm³/mol. The molecule has 0 radical (unpaired) electrons. The summed E-state index contributed by atoms with van der Waals surface area (Å²) < 4.78 is 0. The lowest BCUT2D eigenvalue weighted by atomic mass is 10.0. The molecule has 0 saturated carbocycles. The fourth-order valence-corrected chi connectivity index (χ4v) is 2.14. The molecule has 0 aromatic heterocycles. The number of rotatable bonds is 2. The summed E-state index contributed by atoms with van der Waals surface area (Å²) in [6.07, 6.45) is -0.860. The van der Waals surface area contributed by atoms with Crippen molar-refractivity contribution < 1.29 is 15.0 Å². The molecular weight excluding hydrogens is 218 g/mol. The van der Waals surface area contributed by atoms with Crippen LogP contribution in [0.5, 0.6) is 0 Å². The van der Waals surface area contributed by atoms with Gasteiger partial charge in [-0.2, -0.15) is 0 Å². The Bertz CT molecular complexity index is 409. The zero-order valence-electron chi connectivity index (χ0n) is 9.84. The van der Waals surface area contributed by atoms with Crippen LogP contribution in [-0.2, 0) is 6.42 Å². The van der Waals surface area contributed by atoms with Gasteiger partial charge in [0.2, 0.25) is 0 Å². The summed E-state index contributed by atoms with van der Waals surface area (Å²) in [4.78, 5) is 13.7. The summed E-state index contributed by atoms with van der Waals surface area (Å²) in [5.74, 6) is -0.113. The van der Waals surface area contributed by atoms with Crippen molar-refractivity contribution in [3.8, 4) is 0 Å².